The van der Waals surface area contributed by atoms with Gasteiger partial charge in [0, 0.05) is 10.1 Å². The number of hydrogen-bond donors (Lipinski definition) is 2. The van der Waals surface area contributed by atoms with Crippen LogP contribution in [0.5, 0.6) is 0 Å². The third-order valence-corrected chi connectivity index (χ3v) is 4.55. The van der Waals surface area contributed by atoms with Crippen LogP contribution in [-0.2, 0) is 0 Å². The Morgan fingerprint density at radius 3 is 2.79 bits per heavy atom. The summed E-state index contributed by atoms with van der Waals surface area (Å²) in [5.41, 5.74) is 0.700. The maximum Gasteiger partial charge on any atom is 0.252 e. The zero-order chi connectivity index (χ0) is 13.9. The summed E-state index contributed by atoms with van der Waals surface area (Å²) >= 11 is 1.99. The molecule has 104 valence electrons. The molecule has 0 aliphatic carbocycles. The largest absolute Gasteiger partial charge is 0.351 e. The molecule has 1 aromatic rings. The third kappa shape index (κ3) is 3.89. The first-order valence-corrected chi connectivity index (χ1v) is 7.52. The van der Waals surface area contributed by atoms with E-state index in [1.54, 1.807) is 0 Å². The van der Waals surface area contributed by atoms with Crippen molar-refractivity contribution < 1.29 is 9.18 Å². The van der Waals surface area contributed by atoms with Crippen molar-refractivity contribution in [3.63, 3.8) is 0 Å². The van der Waals surface area contributed by atoms with Crippen LogP contribution in [-0.4, -0.2) is 25.5 Å². The molecule has 0 unspecified atom stereocenters. The Morgan fingerprint density at radius 2 is 2.16 bits per heavy atom. The van der Waals surface area contributed by atoms with Crippen molar-refractivity contribution in [3.8, 4) is 0 Å². The van der Waals surface area contributed by atoms with E-state index in [1.165, 1.54) is 18.2 Å². The molecule has 1 aliphatic heterocycles. The summed E-state index contributed by atoms with van der Waals surface area (Å²) in [6.45, 7) is 4.87. The molecule has 1 amide bonds. The molecule has 19 heavy (non-hydrogen) atoms. The predicted molar refractivity (Wildman–Crippen MR) is 81.7 cm³/mol. The first kappa shape index (κ1) is 14.7. The molecule has 5 heteroatoms. The van der Waals surface area contributed by atoms with Crippen LogP contribution < -0.4 is 10.6 Å². The summed E-state index contributed by atoms with van der Waals surface area (Å²) in [4.78, 5) is 12.1. The Balaban J connectivity index is 1.97. The lowest BCUT2D eigenvalue weighted by atomic mass is 9.81. The fraction of sp³-hybridized carbons (Fsp3) is 0.500. The normalized spacial score (nSPS) is 18.1. The maximum atomic E-state index is 13.0. The van der Waals surface area contributed by atoms with Crippen molar-refractivity contribution in [1.82, 2.24) is 10.6 Å². The highest BCUT2D eigenvalue weighted by Crippen LogP contribution is 2.26. The van der Waals surface area contributed by atoms with Crippen LogP contribution in [0.2, 0.25) is 0 Å². The van der Waals surface area contributed by atoms with E-state index in [0.717, 1.165) is 25.9 Å². The highest BCUT2D eigenvalue weighted by molar-refractivity contribution is 14.1. The lowest BCUT2D eigenvalue weighted by molar-refractivity contribution is 0.0921. The summed E-state index contributed by atoms with van der Waals surface area (Å²) in [7, 11) is 0. The lowest BCUT2D eigenvalue weighted by Gasteiger charge is -2.34. The fourth-order valence-electron chi connectivity index (χ4n) is 2.27. The van der Waals surface area contributed by atoms with Crippen LogP contribution in [0, 0.1) is 14.8 Å². The molecule has 3 nitrogen and oxygen atoms in total. The highest BCUT2D eigenvalue weighted by atomic mass is 127. The van der Waals surface area contributed by atoms with Crippen molar-refractivity contribution in [2.75, 3.05) is 19.6 Å². The second-order valence-corrected chi connectivity index (χ2v) is 6.53. The number of carbonyl (C=O) groups excluding carboxylic acids is 1. The zero-order valence-electron chi connectivity index (χ0n) is 10.9. The molecular weight excluding hydrogens is 358 g/mol. The van der Waals surface area contributed by atoms with E-state index >= 15 is 0 Å². The maximum absolute atomic E-state index is 13.0. The van der Waals surface area contributed by atoms with Gasteiger partial charge in [0.1, 0.15) is 5.82 Å². The molecule has 1 heterocycles. The van der Waals surface area contributed by atoms with E-state index < -0.39 is 0 Å². The number of amides is 1. The summed E-state index contributed by atoms with van der Waals surface area (Å²) in [6.07, 6.45) is 2.13. The zero-order valence-corrected chi connectivity index (χ0v) is 13.1. The molecule has 0 bridgehead atoms. The lowest BCUT2D eigenvalue weighted by Crippen LogP contribution is -2.43. The Labute approximate surface area is 126 Å². The van der Waals surface area contributed by atoms with Gasteiger partial charge in [0.2, 0.25) is 0 Å². The van der Waals surface area contributed by atoms with Crippen LogP contribution in [0.15, 0.2) is 18.2 Å². The van der Waals surface area contributed by atoms with Gasteiger partial charge in [-0.15, -0.1) is 0 Å². The Kier molecular flexibility index (Phi) is 4.78. The number of halogens is 2. The Morgan fingerprint density at radius 1 is 1.47 bits per heavy atom. The van der Waals surface area contributed by atoms with Crippen LogP contribution in [0.1, 0.15) is 30.1 Å². The molecule has 0 aromatic heterocycles. The number of carbonyl (C=O) groups is 1. The number of nitrogens with one attached hydrogen (secondary N) is 2. The van der Waals surface area contributed by atoms with Gasteiger partial charge >= 0.3 is 0 Å². The molecule has 0 atom stereocenters. The van der Waals surface area contributed by atoms with Crippen molar-refractivity contribution >= 4 is 28.5 Å². The summed E-state index contributed by atoms with van der Waals surface area (Å²) in [5, 5.41) is 6.29. The molecule has 2 rings (SSSR count). The SMILES string of the molecule is CC1(CNC(=O)c2ccc(F)cc2I)CCNCC1. The van der Waals surface area contributed by atoms with Crippen molar-refractivity contribution in [2.45, 2.75) is 19.8 Å². The monoisotopic (exact) mass is 376 g/mol. The minimum absolute atomic E-state index is 0.121. The van der Waals surface area contributed by atoms with E-state index in [9.17, 15) is 9.18 Å². The number of rotatable bonds is 3. The standard InChI is InChI=1S/C14H18FIN2O/c1-14(4-6-17-7-5-14)9-18-13(19)11-3-2-10(15)8-12(11)16/h2-3,8,17H,4-7,9H2,1H3,(H,18,19). The van der Waals surface area contributed by atoms with E-state index in [-0.39, 0.29) is 17.1 Å². The minimum Gasteiger partial charge on any atom is -0.351 e. The predicted octanol–water partition coefficient (Wildman–Crippen LogP) is 2.55. The molecule has 0 saturated carbocycles. The van der Waals surface area contributed by atoms with Crippen LogP contribution in [0.25, 0.3) is 0 Å². The summed E-state index contributed by atoms with van der Waals surface area (Å²) in [6, 6.07) is 4.24. The van der Waals surface area contributed by atoms with E-state index in [1.807, 2.05) is 22.6 Å². The second-order valence-electron chi connectivity index (χ2n) is 5.37. The highest BCUT2D eigenvalue weighted by Gasteiger charge is 2.27. The van der Waals surface area contributed by atoms with E-state index in [4.69, 9.17) is 0 Å². The van der Waals surface area contributed by atoms with Gasteiger partial charge in [0.25, 0.3) is 5.91 Å². The van der Waals surface area contributed by atoms with Gasteiger partial charge in [0.15, 0.2) is 0 Å². The topological polar surface area (TPSA) is 41.1 Å². The van der Waals surface area contributed by atoms with Gasteiger partial charge in [-0.05, 0) is 72.1 Å². The Bertz CT molecular complexity index is 473. The molecule has 1 fully saturated rings. The first-order valence-electron chi connectivity index (χ1n) is 6.44. The van der Waals surface area contributed by atoms with Crippen LogP contribution in [0.3, 0.4) is 0 Å². The molecule has 1 aliphatic rings. The average molecular weight is 376 g/mol. The van der Waals surface area contributed by atoms with Gasteiger partial charge in [-0.2, -0.15) is 0 Å². The second kappa shape index (κ2) is 6.17. The van der Waals surface area contributed by atoms with Gasteiger partial charge in [-0.3, -0.25) is 4.79 Å². The summed E-state index contributed by atoms with van der Waals surface area (Å²) in [5.74, 6) is -0.435. The molecular formula is C14H18FIN2O. The van der Waals surface area contributed by atoms with E-state index in [0.29, 0.717) is 15.7 Å². The fourth-order valence-corrected chi connectivity index (χ4v) is 2.99. The van der Waals surface area contributed by atoms with Crippen LogP contribution in [0.4, 0.5) is 4.39 Å². The Hall–Kier alpha value is -0.690. The van der Waals surface area contributed by atoms with Gasteiger partial charge < -0.3 is 10.6 Å². The number of piperidine rings is 1. The first-order chi connectivity index (χ1) is 9.00. The average Bonchev–Trinajstić information content (AvgIpc) is 2.37. The van der Waals surface area contributed by atoms with Crippen molar-refractivity contribution in [1.29, 1.82) is 0 Å². The minimum atomic E-state index is -0.314. The van der Waals surface area contributed by atoms with Crippen molar-refractivity contribution in [2.24, 2.45) is 5.41 Å². The smallest absolute Gasteiger partial charge is 0.252 e. The van der Waals surface area contributed by atoms with E-state index in [2.05, 4.69) is 17.6 Å². The molecule has 1 aromatic carbocycles. The summed E-state index contributed by atoms with van der Waals surface area (Å²) < 4.78 is 13.6. The molecule has 0 spiro atoms. The van der Waals surface area contributed by atoms with Crippen LogP contribution >= 0.6 is 22.6 Å². The number of benzene rings is 1. The molecule has 2 N–H and O–H groups in total. The third-order valence-electron chi connectivity index (χ3n) is 3.66. The molecule has 1 saturated heterocycles. The van der Waals surface area contributed by atoms with Crippen molar-refractivity contribution in [3.05, 3.63) is 33.1 Å². The number of hydrogen-bond acceptors (Lipinski definition) is 2. The van der Waals surface area contributed by atoms with Gasteiger partial charge in [-0.25, -0.2) is 4.39 Å². The van der Waals surface area contributed by atoms with Gasteiger partial charge in [0.05, 0.1) is 5.56 Å². The molecule has 0 radical (unpaired) electrons. The quantitative estimate of drug-likeness (QED) is 0.797. The van der Waals surface area contributed by atoms with Gasteiger partial charge in [-0.1, -0.05) is 6.92 Å².